The van der Waals surface area contributed by atoms with Crippen LogP contribution in [0, 0.1) is 0 Å². The van der Waals surface area contributed by atoms with Crippen LogP contribution in [-0.2, 0) is 0 Å². The van der Waals surface area contributed by atoms with Gasteiger partial charge in [0.25, 0.3) is 5.56 Å². The van der Waals surface area contributed by atoms with Crippen molar-refractivity contribution in [2.45, 2.75) is 0 Å². The van der Waals surface area contributed by atoms with E-state index in [1.54, 1.807) is 18.2 Å². The zero-order valence-electron chi connectivity index (χ0n) is 10.2. The predicted octanol–water partition coefficient (Wildman–Crippen LogP) is 1.17. The number of hydrogen-bond donors (Lipinski definition) is 3. The highest BCUT2D eigenvalue weighted by molar-refractivity contribution is 5.68. The van der Waals surface area contributed by atoms with Crippen molar-refractivity contribution in [3.63, 3.8) is 0 Å². The maximum Gasteiger partial charge on any atom is 0.276 e. The summed E-state index contributed by atoms with van der Waals surface area (Å²) in [5.41, 5.74) is 11.1. The molecule has 98 valence electrons. The van der Waals surface area contributed by atoms with Gasteiger partial charge >= 0.3 is 0 Å². The van der Waals surface area contributed by atoms with Crippen LogP contribution in [-0.4, -0.2) is 16.6 Å². The highest BCUT2D eigenvalue weighted by Crippen LogP contribution is 2.27. The number of nitrogen functional groups attached to an aromatic ring is 2. The molecule has 0 unspecified atom stereocenters. The second kappa shape index (κ2) is 5.26. The fourth-order valence-electron chi connectivity index (χ4n) is 1.56. The lowest BCUT2D eigenvalue weighted by Crippen LogP contribution is -2.17. The van der Waals surface area contributed by atoms with Crippen molar-refractivity contribution < 1.29 is 4.74 Å². The SMILES string of the molecule is C=CCOc1ccccc1-c1nc(N)c(N)c(=O)[nH]1. The Kier molecular flexibility index (Phi) is 3.51. The number of H-pyrrole nitrogens is 1. The van der Waals surface area contributed by atoms with Crippen LogP contribution in [0.25, 0.3) is 11.4 Å². The molecule has 19 heavy (non-hydrogen) atoms. The van der Waals surface area contributed by atoms with E-state index < -0.39 is 5.56 Å². The number of nitrogens with zero attached hydrogens (tertiary/aromatic N) is 1. The fourth-order valence-corrected chi connectivity index (χ4v) is 1.56. The summed E-state index contributed by atoms with van der Waals surface area (Å²) in [4.78, 5) is 18.2. The van der Waals surface area contributed by atoms with Gasteiger partial charge in [0, 0.05) is 0 Å². The molecule has 0 radical (unpaired) electrons. The molecule has 1 aromatic heterocycles. The van der Waals surface area contributed by atoms with Crippen LogP contribution in [0.5, 0.6) is 5.75 Å². The molecule has 1 aromatic carbocycles. The second-order valence-electron chi connectivity index (χ2n) is 3.81. The monoisotopic (exact) mass is 258 g/mol. The number of hydrogen-bond acceptors (Lipinski definition) is 5. The summed E-state index contributed by atoms with van der Waals surface area (Å²) in [6.45, 7) is 3.94. The van der Waals surface area contributed by atoms with Crippen LogP contribution >= 0.6 is 0 Å². The van der Waals surface area contributed by atoms with Gasteiger partial charge in [-0.15, -0.1) is 0 Å². The van der Waals surface area contributed by atoms with E-state index in [1.165, 1.54) is 0 Å². The van der Waals surface area contributed by atoms with Crippen LogP contribution in [0.15, 0.2) is 41.7 Å². The average Bonchev–Trinajstić information content (AvgIpc) is 2.42. The normalized spacial score (nSPS) is 10.1. The van der Waals surface area contributed by atoms with Crippen molar-refractivity contribution in [2.24, 2.45) is 0 Å². The van der Waals surface area contributed by atoms with Gasteiger partial charge < -0.3 is 21.2 Å². The molecular formula is C13H14N4O2. The smallest absolute Gasteiger partial charge is 0.276 e. The van der Waals surface area contributed by atoms with Crippen molar-refractivity contribution in [2.75, 3.05) is 18.1 Å². The van der Waals surface area contributed by atoms with Gasteiger partial charge in [0.15, 0.2) is 5.82 Å². The van der Waals surface area contributed by atoms with Crippen molar-refractivity contribution in [1.82, 2.24) is 9.97 Å². The maximum atomic E-state index is 11.6. The summed E-state index contributed by atoms with van der Waals surface area (Å²) in [6, 6.07) is 7.17. The number of nitrogens with two attached hydrogens (primary N) is 2. The molecule has 6 nitrogen and oxygen atoms in total. The summed E-state index contributed by atoms with van der Waals surface area (Å²) in [5.74, 6) is 0.892. The van der Waals surface area contributed by atoms with Crippen LogP contribution in [0.1, 0.15) is 0 Å². The molecular weight excluding hydrogens is 244 g/mol. The molecule has 0 fully saturated rings. The minimum atomic E-state index is -0.471. The Morgan fingerprint density at radius 1 is 1.37 bits per heavy atom. The summed E-state index contributed by atoms with van der Waals surface area (Å²) in [5, 5.41) is 0. The van der Waals surface area contributed by atoms with Gasteiger partial charge in [-0.2, -0.15) is 0 Å². The Hall–Kier alpha value is -2.76. The first kappa shape index (κ1) is 12.7. The quantitative estimate of drug-likeness (QED) is 0.713. The first-order valence-corrected chi connectivity index (χ1v) is 5.62. The Labute approximate surface area is 109 Å². The van der Waals surface area contributed by atoms with Gasteiger partial charge in [-0.1, -0.05) is 24.8 Å². The zero-order chi connectivity index (χ0) is 13.8. The van der Waals surface area contributed by atoms with Crippen LogP contribution < -0.4 is 21.8 Å². The third-order valence-corrected chi connectivity index (χ3v) is 2.48. The van der Waals surface area contributed by atoms with Crippen molar-refractivity contribution in [3.05, 3.63) is 47.3 Å². The summed E-state index contributed by atoms with van der Waals surface area (Å²) < 4.78 is 5.50. The topological polar surface area (TPSA) is 107 Å². The highest BCUT2D eigenvalue weighted by Gasteiger charge is 2.11. The second-order valence-corrected chi connectivity index (χ2v) is 3.81. The molecule has 2 aromatic rings. The number of benzene rings is 1. The van der Waals surface area contributed by atoms with Gasteiger partial charge in [-0.3, -0.25) is 4.79 Å². The lowest BCUT2D eigenvalue weighted by Gasteiger charge is -2.10. The molecule has 0 aliphatic heterocycles. The van der Waals surface area contributed by atoms with E-state index in [-0.39, 0.29) is 11.5 Å². The molecule has 0 aliphatic rings. The Morgan fingerprint density at radius 3 is 2.79 bits per heavy atom. The van der Waals surface area contributed by atoms with Crippen molar-refractivity contribution in [3.8, 4) is 17.1 Å². The molecule has 6 heteroatoms. The van der Waals surface area contributed by atoms with Crippen LogP contribution in [0.2, 0.25) is 0 Å². The van der Waals surface area contributed by atoms with Gasteiger partial charge in [-0.05, 0) is 12.1 Å². The summed E-state index contributed by atoms with van der Waals surface area (Å²) in [6.07, 6.45) is 1.63. The van der Waals surface area contributed by atoms with Gasteiger partial charge in [0.1, 0.15) is 23.9 Å². The molecule has 0 amide bonds. The molecule has 0 aliphatic carbocycles. The van der Waals surface area contributed by atoms with E-state index in [9.17, 15) is 4.79 Å². The van der Waals surface area contributed by atoms with E-state index in [0.29, 0.717) is 23.7 Å². The van der Waals surface area contributed by atoms with Crippen LogP contribution in [0.4, 0.5) is 11.5 Å². The minimum absolute atomic E-state index is 0.00252. The number of rotatable bonds is 4. The van der Waals surface area contributed by atoms with E-state index in [0.717, 1.165) is 0 Å². The number of ether oxygens (including phenoxy) is 1. The van der Waals surface area contributed by atoms with E-state index in [1.807, 2.05) is 12.1 Å². The van der Waals surface area contributed by atoms with Gasteiger partial charge in [0.05, 0.1) is 5.56 Å². The predicted molar refractivity (Wildman–Crippen MR) is 74.8 cm³/mol. The standard InChI is InChI=1S/C13H14N4O2/c1-2-7-19-9-6-4-3-5-8(9)12-16-11(15)10(14)13(18)17-12/h2-6H,1,7,14H2,(H3,15,16,17,18). The van der Waals surface area contributed by atoms with E-state index in [2.05, 4.69) is 16.5 Å². The Bertz CT molecular complexity index is 664. The van der Waals surface area contributed by atoms with Gasteiger partial charge in [0.2, 0.25) is 0 Å². The van der Waals surface area contributed by atoms with Crippen molar-refractivity contribution >= 4 is 11.5 Å². The number of aromatic nitrogens is 2. The lowest BCUT2D eigenvalue weighted by molar-refractivity contribution is 0.364. The minimum Gasteiger partial charge on any atom is -0.489 e. The molecule has 1 heterocycles. The largest absolute Gasteiger partial charge is 0.489 e. The first-order valence-electron chi connectivity index (χ1n) is 5.62. The van der Waals surface area contributed by atoms with Gasteiger partial charge in [-0.25, -0.2) is 4.98 Å². The number of aromatic amines is 1. The number of para-hydroxylation sites is 1. The molecule has 0 atom stereocenters. The third kappa shape index (κ3) is 2.57. The van der Waals surface area contributed by atoms with Crippen LogP contribution in [0.3, 0.4) is 0 Å². The maximum absolute atomic E-state index is 11.6. The molecule has 0 spiro atoms. The zero-order valence-corrected chi connectivity index (χ0v) is 10.2. The van der Waals surface area contributed by atoms with Crippen molar-refractivity contribution in [1.29, 1.82) is 0 Å². The van der Waals surface area contributed by atoms with E-state index in [4.69, 9.17) is 16.2 Å². The Morgan fingerprint density at radius 2 is 2.11 bits per heavy atom. The lowest BCUT2D eigenvalue weighted by atomic mass is 10.2. The molecule has 0 bridgehead atoms. The highest BCUT2D eigenvalue weighted by atomic mass is 16.5. The molecule has 2 rings (SSSR count). The number of anilines is 2. The molecule has 0 saturated carbocycles. The first-order chi connectivity index (χ1) is 9.13. The number of nitrogens with one attached hydrogen (secondary N) is 1. The third-order valence-electron chi connectivity index (χ3n) is 2.48. The van der Waals surface area contributed by atoms with E-state index >= 15 is 0 Å². The molecule has 0 saturated heterocycles. The Balaban J connectivity index is 2.52. The average molecular weight is 258 g/mol. The molecule has 5 N–H and O–H groups in total. The summed E-state index contributed by atoms with van der Waals surface area (Å²) >= 11 is 0. The fraction of sp³-hybridized carbons (Fsp3) is 0.0769. The summed E-state index contributed by atoms with van der Waals surface area (Å²) in [7, 11) is 0.